The first kappa shape index (κ1) is 11.7. The van der Waals surface area contributed by atoms with Crippen LogP contribution in [0.5, 0.6) is 0 Å². The van der Waals surface area contributed by atoms with Crippen LogP contribution in [0.15, 0.2) is 35.9 Å². The van der Waals surface area contributed by atoms with Crippen LogP contribution < -0.4 is 0 Å². The number of hydrogen-bond acceptors (Lipinski definition) is 1. The quantitative estimate of drug-likeness (QED) is 0.758. The minimum absolute atomic E-state index is 0.159. The third-order valence-corrected chi connectivity index (χ3v) is 4.28. The van der Waals surface area contributed by atoms with Crippen LogP contribution in [0.1, 0.15) is 55.6 Å². The minimum Gasteiger partial charge on any atom is -0.294 e. The third-order valence-electron chi connectivity index (χ3n) is 4.28. The predicted molar refractivity (Wildman–Crippen MR) is 73.7 cm³/mol. The molecule has 0 aromatic heterocycles. The van der Waals surface area contributed by atoms with Gasteiger partial charge in [-0.2, -0.15) is 0 Å². The van der Waals surface area contributed by atoms with Gasteiger partial charge < -0.3 is 0 Å². The second kappa shape index (κ2) is 5.09. The first-order valence-corrected chi connectivity index (χ1v) is 7.17. The lowest BCUT2D eigenvalue weighted by Gasteiger charge is -2.29. The van der Waals surface area contributed by atoms with E-state index in [0.29, 0.717) is 5.78 Å². The molecule has 1 atom stereocenters. The molecule has 0 spiro atoms. The van der Waals surface area contributed by atoms with Gasteiger partial charge >= 0.3 is 0 Å². The third kappa shape index (κ3) is 2.14. The second-order valence-electron chi connectivity index (χ2n) is 5.50. The molecule has 1 aromatic rings. The summed E-state index contributed by atoms with van der Waals surface area (Å²) in [6.07, 6.45) is 10.3. The van der Waals surface area contributed by atoms with Crippen molar-refractivity contribution in [1.82, 2.24) is 0 Å². The largest absolute Gasteiger partial charge is 0.294 e. The molecule has 1 aromatic carbocycles. The highest BCUT2D eigenvalue weighted by atomic mass is 16.1. The molecule has 0 radical (unpaired) electrons. The smallest absolute Gasteiger partial charge is 0.166 e. The number of Topliss-reactive ketones (excluding diaryl/α,β-unsaturated/α-hetero) is 1. The Morgan fingerprint density at radius 2 is 1.89 bits per heavy atom. The Morgan fingerprint density at radius 1 is 1.06 bits per heavy atom. The van der Waals surface area contributed by atoms with E-state index in [0.717, 1.165) is 24.8 Å². The summed E-state index contributed by atoms with van der Waals surface area (Å²) in [5.74, 6) is 0.558. The Labute approximate surface area is 109 Å². The van der Waals surface area contributed by atoms with Crippen molar-refractivity contribution in [1.29, 1.82) is 0 Å². The number of fused-ring (bicyclic) bond motifs is 1. The molecule has 0 saturated carbocycles. The maximum Gasteiger partial charge on any atom is 0.166 e. The Morgan fingerprint density at radius 3 is 2.78 bits per heavy atom. The Kier molecular flexibility index (Phi) is 3.31. The van der Waals surface area contributed by atoms with Crippen molar-refractivity contribution in [3.8, 4) is 0 Å². The van der Waals surface area contributed by atoms with Crippen molar-refractivity contribution in [2.75, 3.05) is 0 Å². The normalized spacial score (nSPS) is 26.0. The van der Waals surface area contributed by atoms with Crippen LogP contribution in [-0.4, -0.2) is 5.78 Å². The molecule has 0 N–H and O–H groups in total. The number of carbonyl (C=O) groups excluding carboxylic acids is 1. The van der Waals surface area contributed by atoms with Gasteiger partial charge in [-0.25, -0.2) is 0 Å². The molecule has 0 bridgehead atoms. The summed E-state index contributed by atoms with van der Waals surface area (Å²) >= 11 is 0. The summed E-state index contributed by atoms with van der Waals surface area (Å²) in [4.78, 5) is 12.5. The van der Waals surface area contributed by atoms with Gasteiger partial charge in [0.2, 0.25) is 0 Å². The molecular formula is C17H20O. The number of allylic oxidation sites excluding steroid dienone is 2. The van der Waals surface area contributed by atoms with Gasteiger partial charge in [0.1, 0.15) is 0 Å². The van der Waals surface area contributed by atoms with E-state index < -0.39 is 0 Å². The predicted octanol–water partition coefficient (Wildman–Crippen LogP) is 4.18. The van der Waals surface area contributed by atoms with Crippen molar-refractivity contribution in [2.45, 2.75) is 50.9 Å². The molecule has 0 amide bonds. The summed E-state index contributed by atoms with van der Waals surface area (Å²) in [5, 5.41) is 0. The van der Waals surface area contributed by atoms with Gasteiger partial charge in [-0.15, -0.1) is 0 Å². The lowest BCUT2D eigenvalue weighted by molar-refractivity contribution is -0.117. The van der Waals surface area contributed by atoms with Crippen molar-refractivity contribution in [3.63, 3.8) is 0 Å². The van der Waals surface area contributed by atoms with Gasteiger partial charge in [-0.05, 0) is 48.8 Å². The molecular weight excluding hydrogens is 220 g/mol. The fourth-order valence-electron chi connectivity index (χ4n) is 3.13. The number of ketones is 1. The lowest BCUT2D eigenvalue weighted by atomic mass is 9.73. The number of hydrogen-bond donors (Lipinski definition) is 0. The maximum atomic E-state index is 12.5. The topological polar surface area (TPSA) is 17.1 Å². The summed E-state index contributed by atoms with van der Waals surface area (Å²) in [6, 6.07) is 8.37. The molecule has 0 heterocycles. The SMILES string of the molecule is O=C(/C1=C/CCCCCC1)C1Cc2ccccc21. The highest BCUT2D eigenvalue weighted by Gasteiger charge is 2.32. The Bertz CT molecular complexity index is 484. The summed E-state index contributed by atoms with van der Waals surface area (Å²) in [5.41, 5.74) is 3.74. The summed E-state index contributed by atoms with van der Waals surface area (Å²) in [6.45, 7) is 0. The maximum absolute atomic E-state index is 12.5. The molecule has 0 fully saturated rings. The molecule has 1 nitrogen and oxygen atoms in total. The molecule has 2 aliphatic carbocycles. The van der Waals surface area contributed by atoms with E-state index in [1.807, 2.05) is 6.07 Å². The van der Waals surface area contributed by atoms with Gasteiger partial charge in [-0.1, -0.05) is 43.2 Å². The van der Waals surface area contributed by atoms with Crippen LogP contribution in [0, 0.1) is 0 Å². The summed E-state index contributed by atoms with van der Waals surface area (Å²) < 4.78 is 0. The fraction of sp³-hybridized carbons (Fsp3) is 0.471. The van der Waals surface area contributed by atoms with Crippen molar-refractivity contribution in [2.24, 2.45) is 0 Å². The monoisotopic (exact) mass is 240 g/mol. The van der Waals surface area contributed by atoms with E-state index in [1.54, 1.807) is 0 Å². The van der Waals surface area contributed by atoms with Crippen LogP contribution in [0.4, 0.5) is 0 Å². The van der Waals surface area contributed by atoms with E-state index in [1.165, 1.54) is 36.8 Å². The van der Waals surface area contributed by atoms with Crippen LogP contribution in [-0.2, 0) is 11.2 Å². The first-order valence-electron chi connectivity index (χ1n) is 7.17. The fourth-order valence-corrected chi connectivity index (χ4v) is 3.13. The summed E-state index contributed by atoms with van der Waals surface area (Å²) in [7, 11) is 0. The van der Waals surface area contributed by atoms with E-state index >= 15 is 0 Å². The highest BCUT2D eigenvalue weighted by molar-refractivity contribution is 6.02. The van der Waals surface area contributed by atoms with Gasteiger partial charge in [0.25, 0.3) is 0 Å². The lowest BCUT2D eigenvalue weighted by Crippen LogP contribution is -2.26. The zero-order valence-corrected chi connectivity index (χ0v) is 10.8. The molecule has 18 heavy (non-hydrogen) atoms. The molecule has 0 saturated heterocycles. The minimum atomic E-state index is 0.159. The van der Waals surface area contributed by atoms with Gasteiger partial charge in [0, 0.05) is 0 Å². The van der Waals surface area contributed by atoms with Crippen LogP contribution >= 0.6 is 0 Å². The molecule has 94 valence electrons. The molecule has 1 unspecified atom stereocenters. The van der Waals surface area contributed by atoms with E-state index in [2.05, 4.69) is 24.3 Å². The van der Waals surface area contributed by atoms with Crippen LogP contribution in [0.2, 0.25) is 0 Å². The average Bonchev–Trinajstić information content (AvgIpc) is 2.30. The number of rotatable bonds is 2. The van der Waals surface area contributed by atoms with Gasteiger partial charge in [-0.3, -0.25) is 4.79 Å². The van der Waals surface area contributed by atoms with Crippen molar-refractivity contribution < 1.29 is 4.79 Å². The molecule has 1 heteroatoms. The van der Waals surface area contributed by atoms with Crippen molar-refractivity contribution >= 4 is 5.78 Å². The zero-order valence-electron chi connectivity index (χ0n) is 10.8. The molecule has 3 rings (SSSR count). The van der Waals surface area contributed by atoms with Crippen LogP contribution in [0.25, 0.3) is 0 Å². The molecule has 0 aliphatic heterocycles. The average molecular weight is 240 g/mol. The standard InChI is InChI=1S/C17H20O/c18-17(13-8-4-2-1-3-5-9-13)16-12-14-10-6-7-11-15(14)16/h6-8,10-11,16H,1-5,9,12H2/b13-8+. The van der Waals surface area contributed by atoms with Crippen molar-refractivity contribution in [3.05, 3.63) is 47.0 Å². The van der Waals surface area contributed by atoms with Gasteiger partial charge in [0.05, 0.1) is 5.92 Å². The first-order chi connectivity index (χ1) is 8.86. The van der Waals surface area contributed by atoms with Crippen LogP contribution in [0.3, 0.4) is 0 Å². The molecule has 2 aliphatic rings. The highest BCUT2D eigenvalue weighted by Crippen LogP contribution is 2.38. The Hall–Kier alpha value is -1.37. The van der Waals surface area contributed by atoms with Gasteiger partial charge in [0.15, 0.2) is 5.78 Å². The van der Waals surface area contributed by atoms with E-state index in [-0.39, 0.29) is 5.92 Å². The number of benzene rings is 1. The Balaban J connectivity index is 1.76. The number of carbonyl (C=O) groups is 1. The second-order valence-corrected chi connectivity index (χ2v) is 5.50. The zero-order chi connectivity index (χ0) is 12.4. The van der Waals surface area contributed by atoms with E-state index in [9.17, 15) is 4.79 Å². The van der Waals surface area contributed by atoms with E-state index in [4.69, 9.17) is 0 Å².